The Labute approximate surface area is 219 Å². The molecule has 0 unspecified atom stereocenters. The Morgan fingerprint density at radius 1 is 1.05 bits per heavy atom. The minimum absolute atomic E-state index is 0.105. The van der Waals surface area contributed by atoms with Crippen molar-refractivity contribution >= 4 is 28.4 Å². The van der Waals surface area contributed by atoms with E-state index >= 15 is 4.39 Å². The van der Waals surface area contributed by atoms with E-state index < -0.39 is 23.7 Å². The lowest BCUT2D eigenvalue weighted by Crippen LogP contribution is -2.55. The number of nitrogens with zero attached hydrogens (tertiary/aromatic N) is 3. The summed E-state index contributed by atoms with van der Waals surface area (Å²) in [4.78, 5) is 28.2. The lowest BCUT2D eigenvalue weighted by molar-refractivity contribution is -0.129. The largest absolute Gasteiger partial charge is 0.347 e. The molecule has 194 valence electrons. The second kappa shape index (κ2) is 9.35. The van der Waals surface area contributed by atoms with E-state index in [4.69, 9.17) is 0 Å². The number of halogens is 2. The van der Waals surface area contributed by atoms with E-state index in [1.165, 1.54) is 17.0 Å². The maximum Gasteiger partial charge on any atom is 0.267 e. The first-order valence-corrected chi connectivity index (χ1v) is 13.0. The molecule has 0 spiro atoms. The number of carbonyl (C=O) groups excluding carboxylic acids is 2. The number of alkyl halides is 1. The number of hydrogen-bond donors (Lipinski definition) is 1. The molecule has 8 heteroatoms. The highest BCUT2D eigenvalue weighted by Crippen LogP contribution is 2.41. The monoisotopic (exact) mass is 514 g/mol. The van der Waals surface area contributed by atoms with Gasteiger partial charge in [-0.25, -0.2) is 13.5 Å². The summed E-state index contributed by atoms with van der Waals surface area (Å²) in [5, 5.41) is 8.13. The van der Waals surface area contributed by atoms with Crippen LogP contribution in [0.15, 0.2) is 79.0 Å². The Bertz CT molecular complexity index is 1500. The van der Waals surface area contributed by atoms with Gasteiger partial charge in [0.1, 0.15) is 5.82 Å². The lowest BCUT2D eigenvalue weighted by atomic mass is 9.87. The van der Waals surface area contributed by atoms with Crippen molar-refractivity contribution in [2.45, 2.75) is 50.4 Å². The van der Waals surface area contributed by atoms with Crippen LogP contribution >= 0.6 is 0 Å². The maximum absolute atomic E-state index is 17.0. The van der Waals surface area contributed by atoms with Crippen molar-refractivity contribution in [2.75, 3.05) is 4.90 Å². The maximum atomic E-state index is 17.0. The van der Waals surface area contributed by atoms with Gasteiger partial charge < -0.3 is 10.2 Å². The summed E-state index contributed by atoms with van der Waals surface area (Å²) in [6, 6.07) is 19.0. The third-order valence-electron chi connectivity index (χ3n) is 7.65. The standard InChI is InChI=1S/C30H28F2N4O2/c1-2-25-27(34-28(37)20-8-9-20)30(32,17-19-6-4-3-5-7-19)29(38)35(25)24-14-15-26-21(16-24)18-33-36(26)23-12-10-22(31)11-13-23/h3-7,10-16,18,20,25,27H,2,8-9,17H2,1H3,(H,34,37)/t25-,27-,30+/m1/s1. The summed E-state index contributed by atoms with van der Waals surface area (Å²) in [5.41, 5.74) is 0.425. The molecule has 1 aliphatic heterocycles. The summed E-state index contributed by atoms with van der Waals surface area (Å²) < 4.78 is 32.1. The molecule has 1 aromatic heterocycles. The van der Waals surface area contributed by atoms with Gasteiger partial charge in [0, 0.05) is 23.4 Å². The Balaban J connectivity index is 1.39. The highest BCUT2D eigenvalue weighted by atomic mass is 19.1. The Kier molecular flexibility index (Phi) is 5.97. The van der Waals surface area contributed by atoms with E-state index in [0.29, 0.717) is 23.4 Å². The van der Waals surface area contributed by atoms with Gasteiger partial charge in [0.15, 0.2) is 0 Å². The van der Waals surface area contributed by atoms with Crippen molar-refractivity contribution < 1.29 is 18.4 Å². The van der Waals surface area contributed by atoms with Gasteiger partial charge in [0.25, 0.3) is 5.91 Å². The van der Waals surface area contributed by atoms with Crippen molar-refractivity contribution in [3.8, 4) is 5.69 Å². The van der Waals surface area contributed by atoms with Gasteiger partial charge in [0.2, 0.25) is 11.6 Å². The quantitative estimate of drug-likeness (QED) is 0.372. The SMILES string of the molecule is CC[C@@H]1[C@@H](NC(=O)C2CC2)[C@@](F)(Cc2ccccc2)C(=O)N1c1ccc2c(cnn2-c2ccc(F)cc2)c1. The van der Waals surface area contributed by atoms with Crippen molar-refractivity contribution in [2.24, 2.45) is 5.92 Å². The van der Waals surface area contributed by atoms with Gasteiger partial charge in [0.05, 0.1) is 29.5 Å². The van der Waals surface area contributed by atoms with Crippen LogP contribution in [0.4, 0.5) is 14.5 Å². The first-order valence-electron chi connectivity index (χ1n) is 13.0. The predicted octanol–water partition coefficient (Wildman–Crippen LogP) is 5.14. The minimum atomic E-state index is -2.29. The van der Waals surface area contributed by atoms with Gasteiger partial charge in [-0.1, -0.05) is 37.3 Å². The fourth-order valence-corrected chi connectivity index (χ4v) is 5.53. The molecular formula is C30H28F2N4O2. The Morgan fingerprint density at radius 2 is 1.76 bits per heavy atom. The van der Waals surface area contributed by atoms with Gasteiger partial charge in [-0.05, 0) is 67.3 Å². The molecule has 0 bridgehead atoms. The molecule has 3 atom stereocenters. The summed E-state index contributed by atoms with van der Waals surface area (Å²) >= 11 is 0. The number of nitrogens with one attached hydrogen (secondary N) is 1. The third kappa shape index (κ3) is 4.14. The molecule has 0 radical (unpaired) electrons. The predicted molar refractivity (Wildman–Crippen MR) is 141 cm³/mol. The van der Waals surface area contributed by atoms with E-state index in [9.17, 15) is 14.0 Å². The summed E-state index contributed by atoms with van der Waals surface area (Å²) in [6.45, 7) is 1.90. The summed E-state index contributed by atoms with van der Waals surface area (Å²) in [7, 11) is 0. The zero-order chi connectivity index (χ0) is 26.4. The number of anilines is 1. The fraction of sp³-hybridized carbons (Fsp3) is 0.300. The Hall–Kier alpha value is -4.07. The fourth-order valence-electron chi connectivity index (χ4n) is 5.53. The van der Waals surface area contributed by atoms with E-state index in [1.54, 1.807) is 41.2 Å². The average Bonchev–Trinajstić information content (AvgIpc) is 3.67. The van der Waals surface area contributed by atoms with Crippen LogP contribution in [0.25, 0.3) is 16.6 Å². The number of hydrogen-bond acceptors (Lipinski definition) is 3. The molecule has 2 heterocycles. The minimum Gasteiger partial charge on any atom is -0.347 e. The van der Waals surface area contributed by atoms with Gasteiger partial charge in [-0.2, -0.15) is 5.10 Å². The number of amides is 2. The summed E-state index contributed by atoms with van der Waals surface area (Å²) in [5.74, 6) is -1.28. The van der Waals surface area contributed by atoms with E-state index in [0.717, 1.165) is 23.7 Å². The van der Waals surface area contributed by atoms with Crippen molar-refractivity contribution in [3.05, 3.63) is 90.4 Å². The zero-order valence-electron chi connectivity index (χ0n) is 21.0. The van der Waals surface area contributed by atoms with Gasteiger partial charge in [-0.3, -0.25) is 9.59 Å². The smallest absolute Gasteiger partial charge is 0.267 e. The second-order valence-corrected chi connectivity index (χ2v) is 10.2. The molecule has 6 rings (SSSR count). The molecule has 1 N–H and O–H groups in total. The Morgan fingerprint density at radius 3 is 2.45 bits per heavy atom. The topological polar surface area (TPSA) is 67.2 Å². The number of rotatable bonds is 7. The highest BCUT2D eigenvalue weighted by molar-refractivity contribution is 6.05. The molecule has 4 aromatic rings. The molecular weight excluding hydrogens is 486 g/mol. The molecule has 2 aliphatic rings. The highest BCUT2D eigenvalue weighted by Gasteiger charge is 2.61. The van der Waals surface area contributed by atoms with Crippen molar-refractivity contribution in [1.82, 2.24) is 15.1 Å². The van der Waals surface area contributed by atoms with Crippen molar-refractivity contribution in [1.29, 1.82) is 0 Å². The first kappa shape index (κ1) is 24.3. The number of fused-ring (bicyclic) bond motifs is 1. The molecule has 38 heavy (non-hydrogen) atoms. The normalized spacial score (nSPS) is 23.2. The summed E-state index contributed by atoms with van der Waals surface area (Å²) in [6.07, 6.45) is 3.59. The van der Waals surface area contributed by atoms with Crippen molar-refractivity contribution in [3.63, 3.8) is 0 Å². The van der Waals surface area contributed by atoms with Crippen LogP contribution in [0.3, 0.4) is 0 Å². The van der Waals surface area contributed by atoms with E-state index in [-0.39, 0.29) is 24.1 Å². The molecule has 1 saturated carbocycles. The van der Waals surface area contributed by atoms with Crippen LogP contribution in [0.5, 0.6) is 0 Å². The number of aromatic nitrogens is 2. The number of benzene rings is 3. The zero-order valence-corrected chi connectivity index (χ0v) is 21.0. The first-order chi connectivity index (χ1) is 18.4. The van der Waals surface area contributed by atoms with Crippen LogP contribution in [0, 0.1) is 11.7 Å². The molecule has 1 saturated heterocycles. The molecule has 2 amide bonds. The van der Waals surface area contributed by atoms with Gasteiger partial charge >= 0.3 is 0 Å². The van der Waals surface area contributed by atoms with Crippen LogP contribution < -0.4 is 10.2 Å². The van der Waals surface area contributed by atoms with Crippen LogP contribution in [0.2, 0.25) is 0 Å². The lowest BCUT2D eigenvalue weighted by Gasteiger charge is -2.29. The molecule has 2 fully saturated rings. The van der Waals surface area contributed by atoms with Crippen LogP contribution in [-0.2, 0) is 16.0 Å². The van der Waals surface area contributed by atoms with E-state index in [1.807, 2.05) is 37.3 Å². The molecule has 6 nitrogen and oxygen atoms in total. The number of carbonyl (C=O) groups is 2. The average molecular weight is 515 g/mol. The second-order valence-electron chi connectivity index (χ2n) is 10.2. The van der Waals surface area contributed by atoms with Gasteiger partial charge in [-0.15, -0.1) is 0 Å². The third-order valence-corrected chi connectivity index (χ3v) is 7.65. The van der Waals surface area contributed by atoms with Crippen LogP contribution in [-0.4, -0.2) is 39.3 Å². The molecule has 1 aliphatic carbocycles. The van der Waals surface area contributed by atoms with E-state index in [2.05, 4.69) is 10.4 Å². The molecule has 3 aromatic carbocycles. The van der Waals surface area contributed by atoms with Crippen LogP contribution in [0.1, 0.15) is 31.7 Å².